The van der Waals surface area contributed by atoms with Gasteiger partial charge in [0, 0.05) is 28.4 Å². The van der Waals surface area contributed by atoms with Crippen LogP contribution < -0.4 is 9.80 Å². The molecule has 0 aromatic heterocycles. The summed E-state index contributed by atoms with van der Waals surface area (Å²) in [6.45, 7) is 0. The second-order valence-corrected chi connectivity index (χ2v) is 18.3. The lowest BCUT2D eigenvalue weighted by atomic mass is 9.66. The summed E-state index contributed by atoms with van der Waals surface area (Å²) in [5.74, 6) is 0. The van der Waals surface area contributed by atoms with Crippen LogP contribution in [0.1, 0.15) is 28.7 Å². The summed E-state index contributed by atoms with van der Waals surface area (Å²) in [4.78, 5) is 5.01. The Kier molecular flexibility index (Phi) is 9.91. The van der Waals surface area contributed by atoms with Crippen LogP contribution in [-0.4, -0.2) is 6.04 Å². The van der Waals surface area contributed by atoms with Gasteiger partial charge in [-0.2, -0.15) is 0 Å². The Bertz CT molecular complexity index is 3410. The van der Waals surface area contributed by atoms with Crippen molar-refractivity contribution in [2.75, 3.05) is 9.80 Å². The molecule has 0 radical (unpaired) electrons. The number of hydrogen-bond acceptors (Lipinski definition) is 2. The molecule has 69 heavy (non-hydrogen) atoms. The Morgan fingerprint density at radius 3 is 1.06 bits per heavy atom. The first-order chi connectivity index (χ1) is 34.2. The minimum Gasteiger partial charge on any atom is -0.334 e. The molecule has 1 unspecified atom stereocenters. The SMILES string of the molecule is C1=CC2=C(C(N(c3ccc(-c4ccccc4)cc3)c3ccc(N(c4ccc(-c5ccccc5)cc4)c4ccc(-c5ccccc5)cc4)cc3)C1)C1(c3ccccc32)c2ccccc2-c2ccccc21. The third-order valence-corrected chi connectivity index (χ3v) is 14.7. The van der Waals surface area contributed by atoms with Gasteiger partial charge in [-0.15, -0.1) is 0 Å². The zero-order chi connectivity index (χ0) is 45.7. The van der Waals surface area contributed by atoms with Gasteiger partial charge < -0.3 is 9.80 Å². The zero-order valence-corrected chi connectivity index (χ0v) is 38.2. The standard InChI is InChI=1S/C67H48N2/c1-4-17-47(18-5-1)50-31-37-53(38-32-50)68(54-39-33-51(34-40-54)48-19-6-2-7-20-48)55-43-45-57(46-44-55)69(56-41-35-52(36-42-56)49-21-8-3-9-22-49)65-30-16-26-61-60-25-12-15-29-64(60)67(66(61)65)62-27-13-10-23-58(62)59-24-11-14-28-63(59)67/h1-29,31-46,65H,30H2. The smallest absolute Gasteiger partial charge is 0.0708 e. The quantitative estimate of drug-likeness (QED) is 0.143. The van der Waals surface area contributed by atoms with Crippen molar-refractivity contribution in [3.05, 3.63) is 301 Å². The summed E-state index contributed by atoms with van der Waals surface area (Å²) in [5, 5.41) is 0. The van der Waals surface area contributed by atoms with E-state index in [4.69, 9.17) is 0 Å². The Morgan fingerprint density at radius 2 is 0.623 bits per heavy atom. The molecule has 1 atom stereocenters. The van der Waals surface area contributed by atoms with Crippen molar-refractivity contribution in [2.45, 2.75) is 17.9 Å². The highest BCUT2D eigenvalue weighted by atomic mass is 15.2. The number of benzene rings is 10. The first-order valence-electron chi connectivity index (χ1n) is 24.1. The van der Waals surface area contributed by atoms with E-state index in [2.05, 4.69) is 283 Å². The summed E-state index contributed by atoms with van der Waals surface area (Å²) in [6.07, 6.45) is 5.67. The fourth-order valence-corrected chi connectivity index (χ4v) is 11.7. The second-order valence-electron chi connectivity index (χ2n) is 18.3. The summed E-state index contributed by atoms with van der Waals surface area (Å²) in [7, 11) is 0. The number of anilines is 5. The van der Waals surface area contributed by atoms with Crippen LogP contribution in [0.5, 0.6) is 0 Å². The third-order valence-electron chi connectivity index (χ3n) is 14.7. The lowest BCUT2D eigenvalue weighted by Crippen LogP contribution is -2.42. The lowest BCUT2D eigenvalue weighted by Gasteiger charge is -2.43. The van der Waals surface area contributed by atoms with E-state index in [1.807, 2.05) is 0 Å². The van der Waals surface area contributed by atoms with Gasteiger partial charge >= 0.3 is 0 Å². The van der Waals surface area contributed by atoms with Gasteiger partial charge in [-0.05, 0) is 145 Å². The molecule has 10 aromatic rings. The van der Waals surface area contributed by atoms with Crippen molar-refractivity contribution in [1.82, 2.24) is 0 Å². The van der Waals surface area contributed by atoms with Gasteiger partial charge in [0.25, 0.3) is 0 Å². The number of rotatable bonds is 9. The molecular weight excluding hydrogens is 833 g/mol. The Hall–Kier alpha value is -8.72. The van der Waals surface area contributed by atoms with Crippen molar-refractivity contribution < 1.29 is 0 Å². The molecule has 326 valence electrons. The number of fused-ring (bicyclic) bond motifs is 9. The van der Waals surface area contributed by atoms with Crippen LogP contribution in [-0.2, 0) is 5.41 Å². The van der Waals surface area contributed by atoms with E-state index in [1.54, 1.807) is 0 Å². The van der Waals surface area contributed by atoms with Gasteiger partial charge in [0.2, 0.25) is 0 Å². The monoisotopic (exact) mass is 880 g/mol. The largest absolute Gasteiger partial charge is 0.334 e. The second kappa shape index (κ2) is 16.9. The Labute approximate surface area is 405 Å². The number of hydrogen-bond donors (Lipinski definition) is 0. The molecule has 0 aliphatic heterocycles. The normalized spacial score (nSPS) is 14.8. The molecule has 1 spiro atoms. The predicted octanol–water partition coefficient (Wildman–Crippen LogP) is 17.4. The van der Waals surface area contributed by atoms with E-state index in [1.165, 1.54) is 77.9 Å². The number of nitrogens with zero attached hydrogens (tertiary/aromatic N) is 2. The summed E-state index contributed by atoms with van der Waals surface area (Å²) < 4.78 is 0. The van der Waals surface area contributed by atoms with Crippen molar-refractivity contribution in [1.29, 1.82) is 0 Å². The van der Waals surface area contributed by atoms with Crippen LogP contribution in [0, 0.1) is 0 Å². The predicted molar refractivity (Wildman–Crippen MR) is 289 cm³/mol. The van der Waals surface area contributed by atoms with Crippen LogP contribution >= 0.6 is 0 Å². The third kappa shape index (κ3) is 6.71. The van der Waals surface area contributed by atoms with Gasteiger partial charge in [-0.25, -0.2) is 0 Å². The molecule has 0 amide bonds. The molecule has 0 saturated heterocycles. The molecule has 0 fully saturated rings. The molecule has 2 nitrogen and oxygen atoms in total. The molecule has 10 aromatic carbocycles. The summed E-state index contributed by atoms with van der Waals surface area (Å²) in [5.41, 5.74) is 23.2. The first-order valence-corrected chi connectivity index (χ1v) is 24.1. The van der Waals surface area contributed by atoms with Crippen LogP contribution in [0.3, 0.4) is 0 Å². The van der Waals surface area contributed by atoms with Crippen LogP contribution in [0.4, 0.5) is 28.4 Å². The maximum absolute atomic E-state index is 2.63. The van der Waals surface area contributed by atoms with Gasteiger partial charge in [-0.1, -0.05) is 212 Å². The van der Waals surface area contributed by atoms with Crippen molar-refractivity contribution in [3.63, 3.8) is 0 Å². The molecule has 0 heterocycles. The van der Waals surface area contributed by atoms with Crippen LogP contribution in [0.15, 0.2) is 279 Å². The maximum Gasteiger partial charge on any atom is 0.0708 e. The van der Waals surface area contributed by atoms with Crippen molar-refractivity contribution in [3.8, 4) is 44.5 Å². The molecule has 0 bridgehead atoms. The molecule has 0 N–H and O–H groups in total. The lowest BCUT2D eigenvalue weighted by molar-refractivity contribution is 0.635. The molecule has 2 heteroatoms. The van der Waals surface area contributed by atoms with Gasteiger partial charge in [0.1, 0.15) is 0 Å². The van der Waals surface area contributed by atoms with Gasteiger partial charge in [0.15, 0.2) is 0 Å². The van der Waals surface area contributed by atoms with E-state index >= 15 is 0 Å². The maximum atomic E-state index is 2.63. The molecular formula is C67H48N2. The highest BCUT2D eigenvalue weighted by Gasteiger charge is 2.55. The van der Waals surface area contributed by atoms with E-state index in [0.717, 1.165) is 34.9 Å². The summed E-state index contributed by atoms with van der Waals surface area (Å²) in [6, 6.07) is 95.9. The minimum absolute atomic E-state index is 0.00259. The Balaban J connectivity index is 0.966. The fourth-order valence-electron chi connectivity index (χ4n) is 11.7. The average Bonchev–Trinajstić information content (AvgIpc) is 3.91. The van der Waals surface area contributed by atoms with Crippen LogP contribution in [0.25, 0.3) is 50.1 Å². The van der Waals surface area contributed by atoms with Crippen molar-refractivity contribution in [2.24, 2.45) is 0 Å². The topological polar surface area (TPSA) is 6.48 Å². The van der Waals surface area contributed by atoms with Gasteiger partial charge in [0.05, 0.1) is 11.5 Å². The van der Waals surface area contributed by atoms with Gasteiger partial charge in [-0.3, -0.25) is 0 Å². The fraction of sp³-hybridized carbons (Fsp3) is 0.0448. The first kappa shape index (κ1) is 40.5. The van der Waals surface area contributed by atoms with E-state index in [0.29, 0.717) is 0 Å². The molecule has 3 aliphatic carbocycles. The summed E-state index contributed by atoms with van der Waals surface area (Å²) >= 11 is 0. The van der Waals surface area contributed by atoms with Crippen LogP contribution in [0.2, 0.25) is 0 Å². The molecule has 3 aliphatic rings. The number of allylic oxidation sites excluding steroid dienone is 2. The van der Waals surface area contributed by atoms with Crippen molar-refractivity contribution >= 4 is 34.0 Å². The highest BCUT2D eigenvalue weighted by molar-refractivity contribution is 5.98. The Morgan fingerprint density at radius 1 is 0.304 bits per heavy atom. The van der Waals surface area contributed by atoms with E-state index in [-0.39, 0.29) is 6.04 Å². The highest BCUT2D eigenvalue weighted by Crippen LogP contribution is 2.64. The molecule has 0 saturated carbocycles. The van der Waals surface area contributed by atoms with E-state index < -0.39 is 5.41 Å². The molecule has 13 rings (SSSR count). The average molecular weight is 881 g/mol. The zero-order valence-electron chi connectivity index (χ0n) is 38.2. The van der Waals surface area contributed by atoms with E-state index in [9.17, 15) is 0 Å². The minimum atomic E-state index is -0.453.